The second-order valence-corrected chi connectivity index (χ2v) is 4.67. The normalized spacial score (nSPS) is 10.8. The highest BCUT2D eigenvalue weighted by molar-refractivity contribution is 7.89. The van der Waals surface area contributed by atoms with Crippen molar-refractivity contribution in [3.05, 3.63) is 34.1 Å². The monoisotopic (exact) mass is 258 g/mol. The summed E-state index contributed by atoms with van der Waals surface area (Å²) in [5.41, 5.74) is -0.791. The average molecular weight is 258 g/mol. The standard InChI is InChI=1S/C9H7FN2O4S/c1-2-5-11-17(15,16)7-3-4-9(12(13)14)8(10)6-7/h1,3-4,6,11H,5H2. The van der Waals surface area contributed by atoms with Gasteiger partial charge >= 0.3 is 5.69 Å². The fourth-order valence-electron chi connectivity index (χ4n) is 1.02. The smallest absolute Gasteiger partial charge is 0.258 e. The molecule has 1 rings (SSSR count). The molecule has 0 saturated heterocycles. The van der Waals surface area contributed by atoms with E-state index < -0.39 is 31.3 Å². The van der Waals surface area contributed by atoms with Gasteiger partial charge in [-0.25, -0.2) is 8.42 Å². The molecule has 0 aliphatic rings. The molecule has 6 nitrogen and oxygen atoms in total. The van der Waals surface area contributed by atoms with E-state index in [4.69, 9.17) is 6.42 Å². The second-order valence-electron chi connectivity index (χ2n) is 2.90. The maximum Gasteiger partial charge on any atom is 0.304 e. The van der Waals surface area contributed by atoms with Crippen LogP contribution in [0.2, 0.25) is 0 Å². The highest BCUT2D eigenvalue weighted by atomic mass is 32.2. The Kier molecular flexibility index (Phi) is 3.77. The Labute approximate surface area is 96.7 Å². The Hall–Kier alpha value is -1.98. The number of nitrogens with one attached hydrogen (secondary N) is 1. The molecule has 17 heavy (non-hydrogen) atoms. The highest BCUT2D eigenvalue weighted by Crippen LogP contribution is 2.20. The first-order chi connectivity index (χ1) is 7.88. The van der Waals surface area contributed by atoms with Crippen molar-refractivity contribution in [2.75, 3.05) is 6.54 Å². The maximum atomic E-state index is 13.2. The van der Waals surface area contributed by atoms with E-state index in [-0.39, 0.29) is 6.54 Å². The van der Waals surface area contributed by atoms with Crippen molar-refractivity contribution in [1.82, 2.24) is 4.72 Å². The quantitative estimate of drug-likeness (QED) is 0.487. The predicted octanol–water partition coefficient (Wildman–Crippen LogP) is 0.645. The number of rotatable bonds is 4. The van der Waals surface area contributed by atoms with Crippen LogP contribution < -0.4 is 4.72 Å². The molecule has 0 aromatic heterocycles. The molecular weight excluding hydrogens is 251 g/mol. The molecule has 0 atom stereocenters. The van der Waals surface area contributed by atoms with Gasteiger partial charge in [0.2, 0.25) is 15.8 Å². The molecule has 0 saturated carbocycles. The lowest BCUT2D eigenvalue weighted by molar-refractivity contribution is -0.387. The first-order valence-electron chi connectivity index (χ1n) is 4.25. The summed E-state index contributed by atoms with van der Waals surface area (Å²) in [6.07, 6.45) is 4.87. The van der Waals surface area contributed by atoms with Gasteiger partial charge in [-0.2, -0.15) is 9.11 Å². The first-order valence-corrected chi connectivity index (χ1v) is 5.74. The van der Waals surface area contributed by atoms with Crippen LogP contribution in [0, 0.1) is 28.3 Å². The summed E-state index contributed by atoms with van der Waals surface area (Å²) in [5, 5.41) is 10.3. The van der Waals surface area contributed by atoms with Crippen LogP contribution in [0.4, 0.5) is 10.1 Å². The molecule has 1 aromatic rings. The maximum absolute atomic E-state index is 13.2. The zero-order valence-electron chi connectivity index (χ0n) is 8.38. The van der Waals surface area contributed by atoms with Gasteiger partial charge in [0.05, 0.1) is 16.4 Å². The van der Waals surface area contributed by atoms with Crippen molar-refractivity contribution in [3.8, 4) is 12.3 Å². The van der Waals surface area contributed by atoms with E-state index in [1.165, 1.54) is 0 Å². The number of terminal acetylenes is 1. The molecule has 8 heteroatoms. The summed E-state index contributed by atoms with van der Waals surface area (Å²) in [6.45, 7) is -0.249. The van der Waals surface area contributed by atoms with Gasteiger partial charge < -0.3 is 0 Å². The van der Waals surface area contributed by atoms with Gasteiger partial charge in [0.25, 0.3) is 0 Å². The zero-order chi connectivity index (χ0) is 13.1. The summed E-state index contributed by atoms with van der Waals surface area (Å²) in [5.74, 6) is 0.822. The van der Waals surface area contributed by atoms with Gasteiger partial charge in [0, 0.05) is 12.1 Å². The molecule has 0 radical (unpaired) electrons. The van der Waals surface area contributed by atoms with Crippen LogP contribution in [0.3, 0.4) is 0 Å². The largest absolute Gasteiger partial charge is 0.304 e. The van der Waals surface area contributed by atoms with Crippen LogP contribution in [-0.4, -0.2) is 19.9 Å². The Balaban J connectivity index is 3.15. The van der Waals surface area contributed by atoms with Gasteiger partial charge in [0.1, 0.15) is 0 Å². The molecule has 0 heterocycles. The van der Waals surface area contributed by atoms with Crippen molar-refractivity contribution >= 4 is 15.7 Å². The van der Waals surface area contributed by atoms with E-state index in [9.17, 15) is 22.9 Å². The molecule has 0 aliphatic carbocycles. The van der Waals surface area contributed by atoms with E-state index in [0.29, 0.717) is 6.07 Å². The summed E-state index contributed by atoms with van der Waals surface area (Å²) in [4.78, 5) is 8.96. The third kappa shape index (κ3) is 2.99. The van der Waals surface area contributed by atoms with Gasteiger partial charge in [-0.3, -0.25) is 10.1 Å². The van der Waals surface area contributed by atoms with E-state index in [1.807, 2.05) is 10.6 Å². The third-order valence-electron chi connectivity index (χ3n) is 1.79. The lowest BCUT2D eigenvalue weighted by Crippen LogP contribution is -2.24. The second kappa shape index (κ2) is 4.90. The molecule has 0 spiro atoms. The molecule has 1 N–H and O–H groups in total. The van der Waals surface area contributed by atoms with Crippen LogP contribution in [0.25, 0.3) is 0 Å². The fraction of sp³-hybridized carbons (Fsp3) is 0.111. The van der Waals surface area contributed by atoms with Gasteiger partial charge in [-0.15, -0.1) is 6.42 Å². The number of nitrogens with zero attached hydrogens (tertiary/aromatic N) is 1. The van der Waals surface area contributed by atoms with E-state index >= 15 is 0 Å². The van der Waals surface area contributed by atoms with Gasteiger partial charge in [0.15, 0.2) is 0 Å². The number of benzene rings is 1. The number of nitro benzene ring substituents is 1. The van der Waals surface area contributed by atoms with Crippen LogP contribution in [0.5, 0.6) is 0 Å². The molecule has 0 bridgehead atoms. The van der Waals surface area contributed by atoms with Gasteiger partial charge in [-0.05, 0) is 6.07 Å². The summed E-state index contributed by atoms with van der Waals surface area (Å²) in [7, 11) is -3.94. The van der Waals surface area contributed by atoms with Crippen molar-refractivity contribution in [1.29, 1.82) is 0 Å². The summed E-state index contributed by atoms with van der Waals surface area (Å²) >= 11 is 0. The van der Waals surface area contributed by atoms with E-state index in [1.54, 1.807) is 0 Å². The van der Waals surface area contributed by atoms with Crippen LogP contribution >= 0.6 is 0 Å². The third-order valence-corrected chi connectivity index (χ3v) is 3.19. The Bertz CT molecular complexity index is 592. The number of sulfonamides is 1. The summed E-state index contributed by atoms with van der Waals surface area (Å²) in [6, 6.07) is 2.27. The molecule has 90 valence electrons. The Morgan fingerprint density at radius 3 is 2.65 bits per heavy atom. The highest BCUT2D eigenvalue weighted by Gasteiger charge is 2.19. The SMILES string of the molecule is C#CCNS(=O)(=O)c1ccc([N+](=O)[O-])c(F)c1. The minimum atomic E-state index is -3.94. The number of hydrogen-bond acceptors (Lipinski definition) is 4. The van der Waals surface area contributed by atoms with Crippen molar-refractivity contribution < 1.29 is 17.7 Å². The number of nitro groups is 1. The Morgan fingerprint density at radius 2 is 2.18 bits per heavy atom. The van der Waals surface area contributed by atoms with E-state index in [2.05, 4.69) is 0 Å². The van der Waals surface area contributed by atoms with Crippen molar-refractivity contribution in [2.45, 2.75) is 4.90 Å². The number of halogens is 1. The van der Waals surface area contributed by atoms with Gasteiger partial charge in [-0.1, -0.05) is 5.92 Å². The topological polar surface area (TPSA) is 89.3 Å². The average Bonchev–Trinajstić information content (AvgIpc) is 2.25. The van der Waals surface area contributed by atoms with Crippen molar-refractivity contribution in [2.24, 2.45) is 0 Å². The predicted molar refractivity (Wildman–Crippen MR) is 57.1 cm³/mol. The van der Waals surface area contributed by atoms with Crippen LogP contribution in [0.15, 0.2) is 23.1 Å². The summed E-state index contributed by atoms with van der Waals surface area (Å²) < 4.78 is 38.1. The van der Waals surface area contributed by atoms with Crippen molar-refractivity contribution in [3.63, 3.8) is 0 Å². The molecule has 0 unspecified atom stereocenters. The number of hydrogen-bond donors (Lipinski definition) is 1. The lowest BCUT2D eigenvalue weighted by Gasteiger charge is -2.03. The van der Waals surface area contributed by atoms with Crippen LogP contribution in [0.1, 0.15) is 0 Å². The molecular formula is C9H7FN2O4S. The molecule has 0 amide bonds. The van der Waals surface area contributed by atoms with E-state index in [0.717, 1.165) is 12.1 Å². The zero-order valence-corrected chi connectivity index (χ0v) is 9.20. The first kappa shape index (κ1) is 13.1. The lowest BCUT2D eigenvalue weighted by atomic mass is 10.3. The van der Waals surface area contributed by atoms with Crippen LogP contribution in [-0.2, 0) is 10.0 Å². The molecule has 1 aromatic carbocycles. The Morgan fingerprint density at radius 1 is 1.53 bits per heavy atom. The molecule has 0 aliphatic heterocycles. The minimum Gasteiger partial charge on any atom is -0.258 e. The fourth-order valence-corrected chi connectivity index (χ4v) is 1.97. The minimum absolute atomic E-state index is 0.249. The molecule has 0 fully saturated rings.